The van der Waals surface area contributed by atoms with Crippen molar-refractivity contribution in [1.82, 2.24) is 4.90 Å². The van der Waals surface area contributed by atoms with E-state index in [1.165, 1.54) is 16.0 Å². The smallest absolute Gasteiger partial charge is 0.253 e. The van der Waals surface area contributed by atoms with Crippen molar-refractivity contribution in [1.29, 1.82) is 0 Å². The van der Waals surface area contributed by atoms with Gasteiger partial charge in [-0.3, -0.25) is 9.79 Å². The third kappa shape index (κ3) is 3.11. The molecule has 1 amide bonds. The van der Waals surface area contributed by atoms with Crippen molar-refractivity contribution in [2.24, 2.45) is 4.99 Å². The number of amides is 1. The number of nitrogens with zero attached hydrogens (tertiary/aromatic N) is 2. The first-order valence-electron chi connectivity index (χ1n) is 8.95. The largest absolute Gasteiger partial charge is 0.339 e. The molecule has 4 heteroatoms. The number of rotatable bonds is 2. The molecule has 2 aliphatic rings. The quantitative estimate of drug-likeness (QED) is 0.743. The number of hydrogen-bond donors (Lipinski definition) is 0. The lowest BCUT2D eigenvalue weighted by Gasteiger charge is -2.16. The first-order chi connectivity index (χ1) is 12.2. The monoisotopic (exact) mass is 350 g/mol. The van der Waals surface area contributed by atoms with Gasteiger partial charge in [0, 0.05) is 39.7 Å². The van der Waals surface area contributed by atoms with Crippen LogP contribution in [0, 0.1) is 6.92 Å². The predicted octanol–water partition coefficient (Wildman–Crippen LogP) is 5.23. The molecule has 0 N–H and O–H groups in total. The number of carbonyl (C=O) groups is 1. The van der Waals surface area contributed by atoms with Crippen LogP contribution in [0.15, 0.2) is 51.2 Å². The molecule has 2 aromatic rings. The van der Waals surface area contributed by atoms with Gasteiger partial charge in [0.25, 0.3) is 5.91 Å². The average molecular weight is 350 g/mol. The molecule has 0 spiro atoms. The molecular formula is C21H22N2OS. The first kappa shape index (κ1) is 16.4. The maximum Gasteiger partial charge on any atom is 0.253 e. The second-order valence-corrected chi connectivity index (χ2v) is 7.78. The predicted molar refractivity (Wildman–Crippen MR) is 103 cm³/mol. The lowest BCUT2D eigenvalue weighted by atomic mass is 10.0. The summed E-state index contributed by atoms with van der Waals surface area (Å²) in [6, 6.07) is 12.5. The lowest BCUT2D eigenvalue weighted by Crippen LogP contribution is -2.27. The fourth-order valence-electron chi connectivity index (χ4n) is 3.48. The Bertz CT molecular complexity index is 866. The highest BCUT2D eigenvalue weighted by Gasteiger charge is 2.22. The van der Waals surface area contributed by atoms with Gasteiger partial charge < -0.3 is 4.90 Å². The summed E-state index contributed by atoms with van der Waals surface area (Å²) in [5, 5.41) is 0. The SMILES string of the molecule is CCC1=Nc2cc(C(=O)N3CCCC3)ccc2Sc2ccc(C)cc21. The Morgan fingerprint density at radius 1 is 1.12 bits per heavy atom. The fraction of sp³-hybridized carbons (Fsp3) is 0.333. The van der Waals surface area contributed by atoms with Crippen molar-refractivity contribution in [3.05, 3.63) is 53.1 Å². The molecule has 0 radical (unpaired) electrons. The standard InChI is InChI=1S/C21H22N2OS/c1-3-17-16-12-14(2)6-8-19(16)25-20-9-7-15(13-18(20)22-17)21(24)23-10-4-5-11-23/h6-9,12-13H,3-5,10-11H2,1-2H3. The number of fused-ring (bicyclic) bond motifs is 2. The van der Waals surface area contributed by atoms with Gasteiger partial charge in [0.15, 0.2) is 0 Å². The van der Waals surface area contributed by atoms with E-state index in [0.717, 1.165) is 54.2 Å². The van der Waals surface area contributed by atoms with E-state index in [0.29, 0.717) is 0 Å². The third-order valence-electron chi connectivity index (χ3n) is 4.86. The number of aliphatic imine (C=N–C) groups is 1. The van der Waals surface area contributed by atoms with Crippen molar-refractivity contribution in [2.45, 2.75) is 42.9 Å². The van der Waals surface area contributed by atoms with Gasteiger partial charge >= 0.3 is 0 Å². The van der Waals surface area contributed by atoms with Gasteiger partial charge in [-0.2, -0.15) is 0 Å². The van der Waals surface area contributed by atoms with Crippen LogP contribution in [0.1, 0.15) is 47.7 Å². The molecule has 0 aliphatic carbocycles. The molecule has 0 bridgehead atoms. The van der Waals surface area contributed by atoms with Crippen LogP contribution < -0.4 is 0 Å². The minimum Gasteiger partial charge on any atom is -0.339 e. The molecule has 2 heterocycles. The van der Waals surface area contributed by atoms with Gasteiger partial charge in [-0.05, 0) is 56.5 Å². The summed E-state index contributed by atoms with van der Waals surface area (Å²) in [5.41, 5.74) is 5.23. The summed E-state index contributed by atoms with van der Waals surface area (Å²) in [7, 11) is 0. The summed E-state index contributed by atoms with van der Waals surface area (Å²) < 4.78 is 0. The Balaban J connectivity index is 1.76. The highest BCUT2D eigenvalue weighted by Crippen LogP contribution is 2.41. The van der Waals surface area contributed by atoms with E-state index in [1.807, 2.05) is 17.0 Å². The van der Waals surface area contributed by atoms with Crippen LogP contribution in [0.3, 0.4) is 0 Å². The van der Waals surface area contributed by atoms with Gasteiger partial charge in [-0.25, -0.2) is 0 Å². The highest BCUT2D eigenvalue weighted by atomic mass is 32.2. The zero-order valence-electron chi connectivity index (χ0n) is 14.7. The van der Waals surface area contributed by atoms with E-state index in [2.05, 4.69) is 38.1 Å². The molecule has 1 fully saturated rings. The van der Waals surface area contributed by atoms with Crippen molar-refractivity contribution in [3.63, 3.8) is 0 Å². The topological polar surface area (TPSA) is 32.7 Å². The van der Waals surface area contributed by atoms with E-state index in [-0.39, 0.29) is 5.91 Å². The molecule has 1 saturated heterocycles. The zero-order valence-corrected chi connectivity index (χ0v) is 15.5. The molecule has 25 heavy (non-hydrogen) atoms. The minimum absolute atomic E-state index is 0.135. The molecule has 2 aromatic carbocycles. The van der Waals surface area contributed by atoms with Crippen LogP contribution in [-0.4, -0.2) is 29.6 Å². The Hall–Kier alpha value is -2.07. The van der Waals surface area contributed by atoms with E-state index >= 15 is 0 Å². The molecule has 0 saturated carbocycles. The summed E-state index contributed by atoms with van der Waals surface area (Å²) >= 11 is 1.74. The van der Waals surface area contributed by atoms with Crippen LogP contribution in [-0.2, 0) is 0 Å². The van der Waals surface area contributed by atoms with Gasteiger partial charge in [0.1, 0.15) is 0 Å². The minimum atomic E-state index is 0.135. The normalized spacial score (nSPS) is 16.1. The number of hydrogen-bond acceptors (Lipinski definition) is 3. The molecule has 0 atom stereocenters. The van der Waals surface area contributed by atoms with Crippen LogP contribution in [0.2, 0.25) is 0 Å². The summed E-state index contributed by atoms with van der Waals surface area (Å²) in [6.45, 7) is 6.00. The maximum absolute atomic E-state index is 12.7. The Kier molecular flexibility index (Phi) is 4.38. The van der Waals surface area contributed by atoms with E-state index in [9.17, 15) is 4.79 Å². The van der Waals surface area contributed by atoms with Gasteiger partial charge in [-0.1, -0.05) is 30.3 Å². The van der Waals surface area contributed by atoms with Crippen LogP contribution in [0.25, 0.3) is 0 Å². The molecular weight excluding hydrogens is 328 g/mol. The van der Waals surface area contributed by atoms with E-state index in [4.69, 9.17) is 4.99 Å². The summed E-state index contributed by atoms with van der Waals surface area (Å²) in [6.07, 6.45) is 3.10. The first-order valence-corrected chi connectivity index (χ1v) is 9.77. The average Bonchev–Trinajstić information content (AvgIpc) is 3.11. The van der Waals surface area contributed by atoms with Crippen molar-refractivity contribution < 1.29 is 4.79 Å². The van der Waals surface area contributed by atoms with Crippen LogP contribution in [0.5, 0.6) is 0 Å². The zero-order chi connectivity index (χ0) is 17.4. The fourth-order valence-corrected chi connectivity index (χ4v) is 4.48. The molecule has 0 unspecified atom stereocenters. The highest BCUT2D eigenvalue weighted by molar-refractivity contribution is 7.99. The second-order valence-electron chi connectivity index (χ2n) is 6.70. The van der Waals surface area contributed by atoms with Gasteiger partial charge in [0.2, 0.25) is 0 Å². The number of carbonyl (C=O) groups excluding carboxylic acids is 1. The third-order valence-corrected chi connectivity index (χ3v) is 6.00. The summed E-state index contributed by atoms with van der Waals surface area (Å²) in [4.78, 5) is 21.9. The molecule has 0 aromatic heterocycles. The second kappa shape index (κ2) is 6.68. The van der Waals surface area contributed by atoms with Crippen molar-refractivity contribution in [2.75, 3.05) is 13.1 Å². The van der Waals surface area contributed by atoms with Crippen molar-refractivity contribution >= 4 is 29.1 Å². The Morgan fingerprint density at radius 3 is 2.64 bits per heavy atom. The molecule has 128 valence electrons. The lowest BCUT2D eigenvalue weighted by molar-refractivity contribution is 0.0793. The van der Waals surface area contributed by atoms with E-state index in [1.54, 1.807) is 11.8 Å². The number of likely N-dealkylation sites (tertiary alicyclic amines) is 1. The van der Waals surface area contributed by atoms with Crippen LogP contribution >= 0.6 is 11.8 Å². The van der Waals surface area contributed by atoms with E-state index < -0.39 is 0 Å². The van der Waals surface area contributed by atoms with Crippen LogP contribution in [0.4, 0.5) is 5.69 Å². The maximum atomic E-state index is 12.7. The summed E-state index contributed by atoms with van der Waals surface area (Å²) in [5.74, 6) is 0.135. The Labute approximate surface area is 153 Å². The Morgan fingerprint density at radius 2 is 1.88 bits per heavy atom. The molecule has 4 rings (SSSR count). The van der Waals surface area contributed by atoms with Gasteiger partial charge in [-0.15, -0.1) is 0 Å². The molecule has 3 nitrogen and oxygen atoms in total. The number of aryl methyl sites for hydroxylation is 1. The van der Waals surface area contributed by atoms with Gasteiger partial charge in [0.05, 0.1) is 5.69 Å². The number of benzene rings is 2. The molecule has 2 aliphatic heterocycles. The van der Waals surface area contributed by atoms with Crippen molar-refractivity contribution in [3.8, 4) is 0 Å².